The molecule has 0 bridgehead atoms. The van der Waals surface area contributed by atoms with Crippen molar-refractivity contribution in [3.8, 4) is 5.75 Å². The van der Waals surface area contributed by atoms with Crippen molar-refractivity contribution in [1.29, 1.82) is 0 Å². The number of nitrogens with zero attached hydrogens (tertiary/aromatic N) is 3. The highest BCUT2D eigenvalue weighted by Gasteiger charge is 2.35. The molecule has 3 aromatic rings. The van der Waals surface area contributed by atoms with Crippen LogP contribution in [-0.4, -0.2) is 32.6 Å². The number of rotatable bonds is 8. The van der Waals surface area contributed by atoms with Crippen molar-refractivity contribution < 1.29 is 14.3 Å². The summed E-state index contributed by atoms with van der Waals surface area (Å²) in [5, 5.41) is 9.24. The molecular weight excluding hydrogens is 472 g/mol. The number of halogens is 1. The molecule has 0 fully saturated rings. The summed E-state index contributed by atoms with van der Waals surface area (Å²) in [6.45, 7) is 7.97. The Kier molecular flexibility index (Phi) is 7.48. The number of carbonyl (C=O) groups excluding carboxylic acids is 1. The number of nitrogens with one attached hydrogen (secondary N) is 1. The van der Waals surface area contributed by atoms with Gasteiger partial charge < -0.3 is 14.8 Å². The fourth-order valence-electron chi connectivity index (χ4n) is 3.69. The van der Waals surface area contributed by atoms with Gasteiger partial charge in [0.15, 0.2) is 0 Å². The third kappa shape index (κ3) is 5.39. The quantitative estimate of drug-likeness (QED) is 0.307. The van der Waals surface area contributed by atoms with Gasteiger partial charge >= 0.3 is 5.97 Å². The van der Waals surface area contributed by atoms with E-state index in [1.54, 1.807) is 16.4 Å². The highest BCUT2D eigenvalue weighted by atomic mass is 35.5. The van der Waals surface area contributed by atoms with Crippen LogP contribution in [0.5, 0.6) is 5.75 Å². The van der Waals surface area contributed by atoms with Gasteiger partial charge in [0.05, 0.1) is 11.7 Å². The van der Waals surface area contributed by atoms with Gasteiger partial charge in [-0.3, -0.25) is 0 Å². The lowest BCUT2D eigenvalue weighted by molar-refractivity contribution is -0.143. The molecule has 1 aromatic heterocycles. The van der Waals surface area contributed by atoms with Crippen molar-refractivity contribution in [2.45, 2.75) is 51.6 Å². The van der Waals surface area contributed by atoms with E-state index in [0.717, 1.165) is 16.9 Å². The van der Waals surface area contributed by atoms with Crippen molar-refractivity contribution in [1.82, 2.24) is 14.8 Å². The maximum Gasteiger partial charge on any atom is 0.338 e. The first kappa shape index (κ1) is 24.2. The summed E-state index contributed by atoms with van der Waals surface area (Å²) < 4.78 is 13.4. The van der Waals surface area contributed by atoms with Gasteiger partial charge in [0.25, 0.3) is 0 Å². The van der Waals surface area contributed by atoms with Gasteiger partial charge in [0.1, 0.15) is 18.4 Å². The fourth-order valence-corrected chi connectivity index (χ4v) is 4.37. The molecular formula is C25H27ClN4O3S. The first-order chi connectivity index (χ1) is 16.4. The summed E-state index contributed by atoms with van der Waals surface area (Å²) in [5.74, 6) is 1.73. The van der Waals surface area contributed by atoms with E-state index in [-0.39, 0.29) is 12.1 Å². The van der Waals surface area contributed by atoms with E-state index < -0.39 is 6.04 Å². The van der Waals surface area contributed by atoms with Gasteiger partial charge in [0.2, 0.25) is 11.1 Å². The van der Waals surface area contributed by atoms with Crippen molar-refractivity contribution in [2.24, 2.45) is 0 Å². The molecule has 1 atom stereocenters. The third-order valence-electron chi connectivity index (χ3n) is 5.16. The molecule has 0 saturated heterocycles. The average Bonchev–Trinajstić information content (AvgIpc) is 3.19. The van der Waals surface area contributed by atoms with Crippen molar-refractivity contribution >= 4 is 35.3 Å². The Morgan fingerprint density at radius 1 is 1.24 bits per heavy atom. The van der Waals surface area contributed by atoms with E-state index in [9.17, 15) is 4.79 Å². The average molecular weight is 499 g/mol. The molecule has 7 nitrogen and oxygen atoms in total. The van der Waals surface area contributed by atoms with E-state index in [1.165, 1.54) is 0 Å². The monoisotopic (exact) mass is 498 g/mol. The van der Waals surface area contributed by atoms with Gasteiger partial charge in [0, 0.05) is 10.7 Å². The summed E-state index contributed by atoms with van der Waals surface area (Å²) in [6, 6.07) is 14.7. The molecule has 178 valence electrons. The normalized spacial score (nSPS) is 15.2. The lowest BCUT2D eigenvalue weighted by Crippen LogP contribution is -2.30. The Morgan fingerprint density at radius 2 is 2.00 bits per heavy atom. The predicted octanol–water partition coefficient (Wildman–Crippen LogP) is 5.86. The molecule has 1 aliphatic rings. The number of carbonyl (C=O) groups is 1. The molecule has 9 heteroatoms. The number of aromatic nitrogens is 3. The Balaban J connectivity index is 1.69. The minimum Gasteiger partial charge on any atom is -0.489 e. The number of ether oxygens (including phenoxy) is 2. The second-order valence-electron chi connectivity index (χ2n) is 8.10. The van der Waals surface area contributed by atoms with Gasteiger partial charge in [-0.2, -0.15) is 4.98 Å². The molecule has 2 heterocycles. The number of thioether (sulfide) groups is 1. The fraction of sp³-hybridized carbons (Fsp3) is 0.320. The number of hydrogen-bond donors (Lipinski definition) is 1. The molecule has 34 heavy (non-hydrogen) atoms. The first-order valence-corrected chi connectivity index (χ1v) is 12.5. The van der Waals surface area contributed by atoms with Crippen LogP contribution < -0.4 is 10.1 Å². The number of benzene rings is 2. The Morgan fingerprint density at radius 3 is 2.71 bits per heavy atom. The van der Waals surface area contributed by atoms with Crippen LogP contribution >= 0.6 is 23.4 Å². The summed E-state index contributed by atoms with van der Waals surface area (Å²) in [5.41, 5.74) is 3.04. The zero-order chi connectivity index (χ0) is 24.2. The molecule has 0 spiro atoms. The van der Waals surface area contributed by atoms with Gasteiger partial charge in [-0.1, -0.05) is 54.6 Å². The minimum absolute atomic E-state index is 0.245. The summed E-state index contributed by atoms with van der Waals surface area (Å²) in [6.07, 6.45) is -0.245. The largest absolute Gasteiger partial charge is 0.489 e. The zero-order valence-corrected chi connectivity index (χ0v) is 21.1. The molecule has 1 unspecified atom stereocenters. The molecule has 4 rings (SSSR count). The Labute approximate surface area is 208 Å². The molecule has 1 N–H and O–H groups in total. The van der Waals surface area contributed by atoms with Crippen LogP contribution in [0, 0.1) is 0 Å². The van der Waals surface area contributed by atoms with Crippen molar-refractivity contribution in [3.63, 3.8) is 0 Å². The summed E-state index contributed by atoms with van der Waals surface area (Å²) in [7, 11) is 0. The molecule has 0 saturated carbocycles. The van der Waals surface area contributed by atoms with E-state index in [0.29, 0.717) is 39.8 Å². The molecule has 0 aliphatic carbocycles. The maximum absolute atomic E-state index is 13.1. The molecule has 0 radical (unpaired) electrons. The smallest absolute Gasteiger partial charge is 0.338 e. The number of fused-ring (bicyclic) bond motifs is 1. The second kappa shape index (κ2) is 10.5. The second-order valence-corrected chi connectivity index (χ2v) is 9.77. The van der Waals surface area contributed by atoms with Crippen LogP contribution in [0.25, 0.3) is 0 Å². The Bertz CT molecular complexity index is 1210. The summed E-state index contributed by atoms with van der Waals surface area (Å²) >= 11 is 7.52. The number of anilines is 1. The lowest BCUT2D eigenvalue weighted by atomic mass is 9.95. The number of esters is 1. The van der Waals surface area contributed by atoms with Crippen LogP contribution in [0.1, 0.15) is 44.9 Å². The van der Waals surface area contributed by atoms with Crippen LogP contribution in [-0.2, 0) is 16.1 Å². The van der Waals surface area contributed by atoms with Gasteiger partial charge in [-0.25, -0.2) is 9.48 Å². The molecule has 2 aromatic carbocycles. The molecule has 1 aliphatic heterocycles. The highest BCUT2D eigenvalue weighted by molar-refractivity contribution is 7.99. The van der Waals surface area contributed by atoms with E-state index in [1.807, 2.05) is 76.2 Å². The van der Waals surface area contributed by atoms with Crippen molar-refractivity contribution in [3.05, 3.63) is 76.0 Å². The highest BCUT2D eigenvalue weighted by Crippen LogP contribution is 2.38. The minimum atomic E-state index is -0.500. The van der Waals surface area contributed by atoms with E-state index >= 15 is 0 Å². The zero-order valence-electron chi connectivity index (χ0n) is 19.5. The lowest BCUT2D eigenvalue weighted by Gasteiger charge is -2.28. The predicted molar refractivity (Wildman–Crippen MR) is 134 cm³/mol. The standard InChI is InChI=1S/C25H27ClN4O3S/c1-5-34-25-28-24-27-16(4)21(23(31)33-15(2)3)22(30(24)29-25)18-7-6-8-20(13-18)32-14-17-9-11-19(26)12-10-17/h6-13,15,22H,5,14H2,1-4H3,(H,27,28,29). The van der Waals surface area contributed by atoms with Crippen LogP contribution in [0.15, 0.2) is 65.0 Å². The topological polar surface area (TPSA) is 78.3 Å². The van der Waals surface area contributed by atoms with E-state index in [4.69, 9.17) is 21.1 Å². The van der Waals surface area contributed by atoms with Gasteiger partial charge in [-0.05, 0) is 61.9 Å². The van der Waals surface area contributed by atoms with Crippen LogP contribution in [0.4, 0.5) is 5.95 Å². The third-order valence-corrected chi connectivity index (χ3v) is 6.13. The molecule has 0 amide bonds. The number of hydrogen-bond acceptors (Lipinski definition) is 7. The Hall–Kier alpha value is -2.97. The summed E-state index contributed by atoms with van der Waals surface area (Å²) in [4.78, 5) is 17.7. The van der Waals surface area contributed by atoms with Crippen LogP contribution in [0.3, 0.4) is 0 Å². The maximum atomic E-state index is 13.1. The van der Waals surface area contributed by atoms with Crippen LogP contribution in [0.2, 0.25) is 5.02 Å². The van der Waals surface area contributed by atoms with Gasteiger partial charge in [-0.15, -0.1) is 5.10 Å². The first-order valence-electron chi connectivity index (χ1n) is 11.1. The SMILES string of the molecule is CCSc1nc2n(n1)C(c1cccc(OCc3ccc(Cl)cc3)c1)C(C(=O)OC(C)C)=C(C)N2. The number of allylic oxidation sites excluding steroid dienone is 1. The van der Waals surface area contributed by atoms with Crippen molar-refractivity contribution in [2.75, 3.05) is 11.1 Å². The van der Waals surface area contributed by atoms with E-state index in [2.05, 4.69) is 15.4 Å².